The van der Waals surface area contributed by atoms with Crippen LogP contribution in [-0.4, -0.2) is 48.4 Å². The standard InChI is InChI=1S/C13H13FN2O4/c1-15-7-11(17)16(13(15)19)6-8-3-4-9(10(14)5-8)12(18)20-2/h3-5H,6-7H2,1-2H3. The molecule has 0 atom stereocenters. The van der Waals surface area contributed by atoms with Gasteiger partial charge in [-0.2, -0.15) is 0 Å². The second-order valence-corrected chi connectivity index (χ2v) is 4.42. The molecular weight excluding hydrogens is 267 g/mol. The van der Waals surface area contributed by atoms with Crippen molar-refractivity contribution in [1.29, 1.82) is 0 Å². The topological polar surface area (TPSA) is 66.9 Å². The number of hydrogen-bond donors (Lipinski definition) is 0. The van der Waals surface area contributed by atoms with Gasteiger partial charge in [0.05, 0.1) is 19.2 Å². The maximum absolute atomic E-state index is 13.7. The lowest BCUT2D eigenvalue weighted by atomic mass is 10.1. The maximum Gasteiger partial charge on any atom is 0.340 e. The molecule has 1 saturated heterocycles. The van der Waals surface area contributed by atoms with Gasteiger partial charge in [0.25, 0.3) is 5.91 Å². The number of benzene rings is 1. The fourth-order valence-electron chi connectivity index (χ4n) is 1.94. The van der Waals surface area contributed by atoms with Crippen LogP contribution in [0.3, 0.4) is 0 Å². The minimum atomic E-state index is -0.776. The zero-order valence-corrected chi connectivity index (χ0v) is 11.1. The Morgan fingerprint density at radius 3 is 2.60 bits per heavy atom. The summed E-state index contributed by atoms with van der Waals surface area (Å²) in [5.74, 6) is -1.86. The minimum Gasteiger partial charge on any atom is -0.465 e. The molecule has 1 aromatic carbocycles. The first-order valence-corrected chi connectivity index (χ1v) is 5.86. The molecule has 0 unspecified atom stereocenters. The van der Waals surface area contributed by atoms with Crippen LogP contribution in [0.4, 0.5) is 9.18 Å². The summed E-state index contributed by atoms with van der Waals surface area (Å²) in [5.41, 5.74) is 0.236. The Labute approximate surface area is 114 Å². The van der Waals surface area contributed by atoms with Crippen LogP contribution in [0, 0.1) is 5.82 Å². The number of esters is 1. The van der Waals surface area contributed by atoms with Crippen molar-refractivity contribution in [3.8, 4) is 0 Å². The second-order valence-electron chi connectivity index (χ2n) is 4.42. The molecule has 0 N–H and O–H groups in total. The number of nitrogens with zero attached hydrogens (tertiary/aromatic N) is 2. The van der Waals surface area contributed by atoms with E-state index < -0.39 is 17.8 Å². The summed E-state index contributed by atoms with van der Waals surface area (Å²) < 4.78 is 18.2. The first-order chi connectivity index (χ1) is 9.43. The van der Waals surface area contributed by atoms with Crippen molar-refractivity contribution in [2.75, 3.05) is 20.7 Å². The fraction of sp³-hybridized carbons (Fsp3) is 0.308. The van der Waals surface area contributed by atoms with Crippen molar-refractivity contribution in [2.45, 2.75) is 6.54 Å². The summed E-state index contributed by atoms with van der Waals surface area (Å²) in [4.78, 5) is 36.9. The third-order valence-electron chi connectivity index (χ3n) is 3.01. The van der Waals surface area contributed by atoms with Crippen molar-refractivity contribution in [3.05, 3.63) is 35.1 Å². The number of rotatable bonds is 3. The van der Waals surface area contributed by atoms with E-state index in [1.54, 1.807) is 0 Å². The summed E-state index contributed by atoms with van der Waals surface area (Å²) in [6, 6.07) is 3.44. The summed E-state index contributed by atoms with van der Waals surface area (Å²) >= 11 is 0. The predicted octanol–water partition coefficient (Wildman–Crippen LogP) is 1.01. The molecule has 1 aliphatic rings. The van der Waals surface area contributed by atoms with Crippen LogP contribution in [0.5, 0.6) is 0 Å². The molecule has 1 fully saturated rings. The van der Waals surface area contributed by atoms with Gasteiger partial charge in [0.15, 0.2) is 0 Å². The van der Waals surface area contributed by atoms with Gasteiger partial charge in [-0.3, -0.25) is 9.69 Å². The molecular formula is C13H13FN2O4. The van der Waals surface area contributed by atoms with E-state index in [2.05, 4.69) is 4.74 Å². The highest BCUT2D eigenvalue weighted by atomic mass is 19.1. The Morgan fingerprint density at radius 1 is 1.40 bits per heavy atom. The first-order valence-electron chi connectivity index (χ1n) is 5.86. The van der Waals surface area contributed by atoms with Crippen molar-refractivity contribution in [1.82, 2.24) is 9.80 Å². The number of carbonyl (C=O) groups excluding carboxylic acids is 3. The lowest BCUT2D eigenvalue weighted by Gasteiger charge is -2.14. The molecule has 1 aromatic rings. The van der Waals surface area contributed by atoms with E-state index in [0.717, 1.165) is 18.1 Å². The van der Waals surface area contributed by atoms with Crippen LogP contribution >= 0.6 is 0 Å². The van der Waals surface area contributed by atoms with Gasteiger partial charge in [-0.25, -0.2) is 14.0 Å². The van der Waals surface area contributed by atoms with E-state index in [-0.39, 0.29) is 24.6 Å². The molecule has 0 bridgehead atoms. The quantitative estimate of drug-likeness (QED) is 0.612. The van der Waals surface area contributed by atoms with E-state index in [4.69, 9.17) is 0 Å². The zero-order valence-electron chi connectivity index (χ0n) is 11.1. The highest BCUT2D eigenvalue weighted by Gasteiger charge is 2.33. The van der Waals surface area contributed by atoms with Gasteiger partial charge >= 0.3 is 12.0 Å². The number of imide groups is 1. The van der Waals surface area contributed by atoms with E-state index in [0.29, 0.717) is 5.56 Å². The van der Waals surface area contributed by atoms with Crippen LogP contribution in [0.1, 0.15) is 15.9 Å². The number of amides is 3. The number of halogens is 1. The van der Waals surface area contributed by atoms with Gasteiger partial charge in [0.1, 0.15) is 12.4 Å². The Balaban J connectivity index is 2.19. The predicted molar refractivity (Wildman–Crippen MR) is 66.3 cm³/mol. The van der Waals surface area contributed by atoms with E-state index in [9.17, 15) is 18.8 Å². The molecule has 1 heterocycles. The summed E-state index contributed by atoms with van der Waals surface area (Å²) in [5, 5.41) is 0. The SMILES string of the molecule is COC(=O)c1ccc(CN2C(=O)CN(C)C2=O)cc1F. The van der Waals surface area contributed by atoms with Gasteiger partial charge in [-0.1, -0.05) is 6.07 Å². The molecule has 106 valence electrons. The number of likely N-dealkylation sites (N-methyl/N-ethyl adjacent to an activating group) is 1. The summed E-state index contributed by atoms with van der Waals surface area (Å²) in [6.07, 6.45) is 0. The largest absolute Gasteiger partial charge is 0.465 e. The summed E-state index contributed by atoms with van der Waals surface area (Å²) in [7, 11) is 2.67. The summed E-state index contributed by atoms with van der Waals surface area (Å²) in [6.45, 7) is -0.0120. The van der Waals surface area contributed by atoms with E-state index in [1.807, 2.05) is 0 Å². The van der Waals surface area contributed by atoms with Crippen LogP contribution in [0.2, 0.25) is 0 Å². The average Bonchev–Trinajstić information content (AvgIpc) is 2.65. The molecule has 0 saturated carbocycles. The van der Waals surface area contributed by atoms with Gasteiger partial charge in [-0.15, -0.1) is 0 Å². The van der Waals surface area contributed by atoms with E-state index >= 15 is 0 Å². The first kappa shape index (κ1) is 14.0. The smallest absolute Gasteiger partial charge is 0.340 e. The number of hydrogen-bond acceptors (Lipinski definition) is 4. The molecule has 0 aliphatic carbocycles. The highest BCUT2D eigenvalue weighted by molar-refractivity contribution is 6.01. The number of urea groups is 1. The molecule has 0 aromatic heterocycles. The lowest BCUT2D eigenvalue weighted by molar-refractivity contribution is -0.125. The number of methoxy groups -OCH3 is 1. The average molecular weight is 280 g/mol. The van der Waals surface area contributed by atoms with Crippen LogP contribution in [0.15, 0.2) is 18.2 Å². The Morgan fingerprint density at radius 2 is 2.10 bits per heavy atom. The molecule has 0 radical (unpaired) electrons. The normalized spacial score (nSPS) is 14.9. The Bertz CT molecular complexity index is 588. The molecule has 20 heavy (non-hydrogen) atoms. The minimum absolute atomic E-state index is 0.0154. The van der Waals surface area contributed by atoms with Crippen LogP contribution < -0.4 is 0 Å². The Hall–Kier alpha value is -2.44. The lowest BCUT2D eigenvalue weighted by Crippen LogP contribution is -2.31. The third-order valence-corrected chi connectivity index (χ3v) is 3.01. The maximum atomic E-state index is 13.7. The van der Waals surface area contributed by atoms with Gasteiger partial charge in [0, 0.05) is 7.05 Å². The van der Waals surface area contributed by atoms with E-state index in [1.165, 1.54) is 24.1 Å². The number of ether oxygens (including phenoxy) is 1. The molecule has 3 amide bonds. The van der Waals surface area contributed by atoms with Crippen LogP contribution in [-0.2, 0) is 16.1 Å². The monoisotopic (exact) mass is 280 g/mol. The van der Waals surface area contributed by atoms with Gasteiger partial charge in [-0.05, 0) is 17.7 Å². The van der Waals surface area contributed by atoms with Crippen molar-refractivity contribution >= 4 is 17.9 Å². The number of carbonyl (C=O) groups is 3. The highest BCUT2D eigenvalue weighted by Crippen LogP contribution is 2.16. The molecule has 6 nitrogen and oxygen atoms in total. The van der Waals surface area contributed by atoms with Gasteiger partial charge < -0.3 is 9.64 Å². The fourth-order valence-corrected chi connectivity index (χ4v) is 1.94. The molecule has 0 spiro atoms. The third kappa shape index (κ3) is 2.47. The zero-order chi connectivity index (χ0) is 14.9. The van der Waals surface area contributed by atoms with Crippen molar-refractivity contribution in [2.24, 2.45) is 0 Å². The van der Waals surface area contributed by atoms with Gasteiger partial charge in [0.2, 0.25) is 0 Å². The molecule has 7 heteroatoms. The second kappa shape index (κ2) is 5.28. The Kier molecular flexibility index (Phi) is 3.69. The van der Waals surface area contributed by atoms with Crippen LogP contribution in [0.25, 0.3) is 0 Å². The molecule has 1 aliphatic heterocycles. The van der Waals surface area contributed by atoms with Crippen molar-refractivity contribution in [3.63, 3.8) is 0 Å². The molecule has 2 rings (SSSR count). The van der Waals surface area contributed by atoms with Crippen molar-refractivity contribution < 1.29 is 23.5 Å².